The number of halogens is 2. The molecule has 0 saturated carbocycles. The van der Waals surface area contributed by atoms with Gasteiger partial charge in [0.15, 0.2) is 0 Å². The number of furan rings is 1. The van der Waals surface area contributed by atoms with E-state index in [0.29, 0.717) is 37.6 Å². The number of carbonyl (C=O) groups excluding carboxylic acids is 2. The van der Waals surface area contributed by atoms with Crippen LogP contribution in [-0.2, 0) is 33.8 Å². The fraction of sp³-hybridized carbons (Fsp3) is 0.379. The molecule has 0 aliphatic carbocycles. The summed E-state index contributed by atoms with van der Waals surface area (Å²) >= 11 is 0. The number of nitrogens with zero attached hydrogens (tertiary/aromatic N) is 3. The van der Waals surface area contributed by atoms with E-state index in [2.05, 4.69) is 4.90 Å². The monoisotopic (exact) mass is 525 g/mol. The Morgan fingerprint density at radius 1 is 0.816 bits per heavy atom. The summed E-state index contributed by atoms with van der Waals surface area (Å²) in [6.07, 6.45) is 0.0615. The van der Waals surface area contributed by atoms with E-state index >= 15 is 0 Å². The van der Waals surface area contributed by atoms with Crippen molar-refractivity contribution in [3.8, 4) is 0 Å². The third kappa shape index (κ3) is 8.22. The van der Waals surface area contributed by atoms with Gasteiger partial charge in [0.05, 0.1) is 32.7 Å². The van der Waals surface area contributed by atoms with Crippen molar-refractivity contribution < 1.29 is 27.5 Å². The molecule has 9 heteroatoms. The van der Waals surface area contributed by atoms with E-state index < -0.39 is 0 Å². The predicted octanol–water partition coefficient (Wildman–Crippen LogP) is 3.80. The standard InChI is InChI=1S/C29H33F2N3O4/c1-22-2-11-27(38-22)20-34(19-24-5-9-26(31)10-6-24)29(36)21-33(13-12-32-14-16-37-17-15-32)28(35)18-23-3-7-25(30)8-4-23/h2-11H,12-21H2,1H3. The Morgan fingerprint density at radius 3 is 2.05 bits per heavy atom. The zero-order valence-electron chi connectivity index (χ0n) is 21.6. The molecule has 3 aromatic rings. The number of hydrogen-bond acceptors (Lipinski definition) is 5. The lowest BCUT2D eigenvalue weighted by Crippen LogP contribution is -2.47. The molecule has 0 radical (unpaired) electrons. The van der Waals surface area contributed by atoms with Gasteiger partial charge in [-0.25, -0.2) is 8.78 Å². The largest absolute Gasteiger partial charge is 0.464 e. The highest BCUT2D eigenvalue weighted by Gasteiger charge is 2.24. The van der Waals surface area contributed by atoms with Crippen LogP contribution in [0.4, 0.5) is 8.78 Å². The fourth-order valence-corrected chi connectivity index (χ4v) is 4.33. The normalized spacial score (nSPS) is 13.9. The average Bonchev–Trinajstić information content (AvgIpc) is 3.33. The molecule has 2 aromatic carbocycles. The number of carbonyl (C=O) groups is 2. The van der Waals surface area contributed by atoms with Crippen molar-refractivity contribution in [3.63, 3.8) is 0 Å². The number of rotatable bonds is 11. The smallest absolute Gasteiger partial charge is 0.242 e. The van der Waals surface area contributed by atoms with Crippen LogP contribution in [0, 0.1) is 18.6 Å². The van der Waals surface area contributed by atoms with Crippen molar-refractivity contribution in [2.45, 2.75) is 26.4 Å². The van der Waals surface area contributed by atoms with Crippen LogP contribution < -0.4 is 0 Å². The first-order chi connectivity index (χ1) is 18.4. The molecule has 4 rings (SSSR count). The minimum absolute atomic E-state index is 0.0615. The Kier molecular flexibility index (Phi) is 9.62. The first-order valence-corrected chi connectivity index (χ1v) is 12.8. The number of hydrogen-bond donors (Lipinski definition) is 0. The lowest BCUT2D eigenvalue weighted by molar-refractivity contribution is -0.141. The van der Waals surface area contributed by atoms with Gasteiger partial charge >= 0.3 is 0 Å². The molecule has 1 aromatic heterocycles. The van der Waals surface area contributed by atoms with Gasteiger partial charge in [-0.05, 0) is 54.4 Å². The number of ether oxygens (including phenoxy) is 1. The summed E-state index contributed by atoms with van der Waals surface area (Å²) in [5.74, 6) is 0.164. The Bertz CT molecular complexity index is 1190. The van der Waals surface area contributed by atoms with Gasteiger partial charge < -0.3 is 19.0 Å². The summed E-state index contributed by atoms with van der Waals surface area (Å²) in [5.41, 5.74) is 1.44. The van der Waals surface area contributed by atoms with Crippen LogP contribution in [0.15, 0.2) is 65.1 Å². The first-order valence-electron chi connectivity index (χ1n) is 12.8. The second kappa shape index (κ2) is 13.3. The molecule has 1 aliphatic rings. The van der Waals surface area contributed by atoms with Gasteiger partial charge in [-0.15, -0.1) is 0 Å². The lowest BCUT2D eigenvalue weighted by Gasteiger charge is -2.31. The predicted molar refractivity (Wildman–Crippen MR) is 138 cm³/mol. The van der Waals surface area contributed by atoms with E-state index in [-0.39, 0.29) is 49.5 Å². The molecule has 1 aliphatic heterocycles. The molecule has 202 valence electrons. The van der Waals surface area contributed by atoms with Gasteiger partial charge in [-0.3, -0.25) is 14.5 Å². The molecule has 2 heterocycles. The summed E-state index contributed by atoms with van der Waals surface area (Å²) in [7, 11) is 0. The van der Waals surface area contributed by atoms with Crippen molar-refractivity contribution in [1.29, 1.82) is 0 Å². The molecular formula is C29H33F2N3O4. The number of benzene rings is 2. The van der Waals surface area contributed by atoms with Crippen molar-refractivity contribution >= 4 is 11.8 Å². The van der Waals surface area contributed by atoms with Crippen molar-refractivity contribution in [2.75, 3.05) is 45.9 Å². The molecule has 0 spiro atoms. The van der Waals surface area contributed by atoms with E-state index in [1.807, 2.05) is 19.1 Å². The molecule has 0 bridgehead atoms. The molecular weight excluding hydrogens is 492 g/mol. The minimum atomic E-state index is -0.370. The van der Waals surface area contributed by atoms with E-state index in [1.54, 1.807) is 34.1 Å². The Labute approximate surface area is 221 Å². The van der Waals surface area contributed by atoms with Crippen LogP contribution in [0.25, 0.3) is 0 Å². The molecule has 38 heavy (non-hydrogen) atoms. The van der Waals surface area contributed by atoms with Gasteiger partial charge in [-0.2, -0.15) is 0 Å². The maximum absolute atomic E-state index is 13.6. The maximum atomic E-state index is 13.6. The van der Waals surface area contributed by atoms with E-state index in [0.717, 1.165) is 24.4 Å². The van der Waals surface area contributed by atoms with Crippen LogP contribution in [0.5, 0.6) is 0 Å². The Morgan fingerprint density at radius 2 is 1.45 bits per heavy atom. The number of aryl methyl sites for hydroxylation is 1. The molecule has 0 unspecified atom stereocenters. The van der Waals surface area contributed by atoms with E-state index in [9.17, 15) is 18.4 Å². The second-order valence-corrected chi connectivity index (χ2v) is 9.46. The minimum Gasteiger partial charge on any atom is -0.464 e. The summed E-state index contributed by atoms with van der Waals surface area (Å²) in [5, 5.41) is 0. The third-order valence-electron chi connectivity index (χ3n) is 6.52. The topological polar surface area (TPSA) is 66.2 Å². The highest BCUT2D eigenvalue weighted by molar-refractivity contribution is 5.86. The molecule has 1 fully saturated rings. The Hall–Kier alpha value is -3.56. The van der Waals surface area contributed by atoms with Crippen molar-refractivity contribution in [2.24, 2.45) is 0 Å². The molecule has 2 amide bonds. The van der Waals surface area contributed by atoms with Crippen LogP contribution in [0.3, 0.4) is 0 Å². The zero-order valence-corrected chi connectivity index (χ0v) is 21.6. The van der Waals surface area contributed by atoms with Crippen LogP contribution in [0.1, 0.15) is 22.6 Å². The summed E-state index contributed by atoms with van der Waals surface area (Å²) in [4.78, 5) is 32.3. The SMILES string of the molecule is Cc1ccc(CN(Cc2ccc(F)cc2)C(=O)CN(CCN2CCOCC2)C(=O)Cc2ccc(F)cc2)o1. The number of morpholine rings is 1. The number of amides is 2. The highest BCUT2D eigenvalue weighted by atomic mass is 19.1. The summed E-state index contributed by atoms with van der Waals surface area (Å²) < 4.78 is 37.9. The second-order valence-electron chi connectivity index (χ2n) is 9.46. The Balaban J connectivity index is 1.49. The van der Waals surface area contributed by atoms with Gasteiger partial charge in [0.2, 0.25) is 11.8 Å². The first kappa shape index (κ1) is 27.5. The van der Waals surface area contributed by atoms with Gasteiger partial charge in [0.1, 0.15) is 23.2 Å². The molecule has 1 saturated heterocycles. The fourth-order valence-electron chi connectivity index (χ4n) is 4.33. The van der Waals surface area contributed by atoms with Crippen LogP contribution >= 0.6 is 0 Å². The molecule has 7 nitrogen and oxygen atoms in total. The van der Waals surface area contributed by atoms with Crippen LogP contribution in [0.2, 0.25) is 0 Å². The highest BCUT2D eigenvalue weighted by Crippen LogP contribution is 2.15. The van der Waals surface area contributed by atoms with Crippen molar-refractivity contribution in [3.05, 3.63) is 94.9 Å². The van der Waals surface area contributed by atoms with Gasteiger partial charge in [-0.1, -0.05) is 24.3 Å². The van der Waals surface area contributed by atoms with E-state index in [1.165, 1.54) is 24.3 Å². The zero-order chi connectivity index (χ0) is 26.9. The summed E-state index contributed by atoms with van der Waals surface area (Å²) in [6.45, 7) is 5.95. The van der Waals surface area contributed by atoms with Crippen LogP contribution in [-0.4, -0.2) is 72.5 Å². The van der Waals surface area contributed by atoms with Gasteiger partial charge in [0, 0.05) is 32.7 Å². The maximum Gasteiger partial charge on any atom is 0.242 e. The summed E-state index contributed by atoms with van der Waals surface area (Å²) in [6, 6.07) is 15.4. The lowest BCUT2D eigenvalue weighted by atomic mass is 10.1. The average molecular weight is 526 g/mol. The van der Waals surface area contributed by atoms with E-state index in [4.69, 9.17) is 9.15 Å². The van der Waals surface area contributed by atoms with Gasteiger partial charge in [0.25, 0.3) is 0 Å². The molecule has 0 atom stereocenters. The van der Waals surface area contributed by atoms with Crippen molar-refractivity contribution in [1.82, 2.24) is 14.7 Å². The molecule has 0 N–H and O–H groups in total. The third-order valence-corrected chi connectivity index (χ3v) is 6.52. The quantitative estimate of drug-likeness (QED) is 0.381.